The summed E-state index contributed by atoms with van der Waals surface area (Å²) < 4.78 is 6.43. The molecule has 0 fully saturated rings. The zero-order valence-corrected chi connectivity index (χ0v) is 25.6. The van der Waals surface area contributed by atoms with Gasteiger partial charge in [-0.15, -0.1) is 0 Å². The molecule has 0 unspecified atom stereocenters. The molecule has 0 saturated carbocycles. The number of allylic oxidation sites excluding steroid dienone is 2. The molecule has 0 atom stereocenters. The minimum absolute atomic E-state index is 0. The maximum Gasteiger partial charge on any atom is 0.520 e. The molecular weight excluding hydrogens is 621 g/mol. The molecule has 0 bridgehead atoms. The van der Waals surface area contributed by atoms with Crippen LogP contribution in [-0.2, 0) is 0 Å². The van der Waals surface area contributed by atoms with Crippen LogP contribution in [0.15, 0.2) is 23.4 Å². The topological polar surface area (TPSA) is 7.94 Å². The van der Waals surface area contributed by atoms with E-state index < -0.39 is 6.42 Å². The molecule has 3 heterocycles. The zero-order valence-electron chi connectivity index (χ0n) is 21.3. The largest absolute Gasteiger partial charge is 1.00 e. The Morgan fingerprint density at radius 3 is 1.81 bits per heavy atom. The molecule has 0 saturated heterocycles. The molecule has 0 amide bonds. The highest BCUT2D eigenvalue weighted by atomic mass is 127. The quantitative estimate of drug-likeness (QED) is 0.136. The second-order valence-corrected chi connectivity index (χ2v) is 10.9. The summed E-state index contributed by atoms with van der Waals surface area (Å²) in [5.41, 5.74) is 7.47. The van der Waals surface area contributed by atoms with Crippen molar-refractivity contribution in [2.24, 2.45) is 0 Å². The van der Waals surface area contributed by atoms with Crippen LogP contribution in [0.2, 0.25) is 0 Å². The number of hydrogen-bond donors (Lipinski definition) is 0. The lowest BCUT2D eigenvalue weighted by Crippen LogP contribution is -3.00. The molecule has 0 aromatic carbocycles. The summed E-state index contributed by atoms with van der Waals surface area (Å²) >= 11 is 0. The van der Waals surface area contributed by atoms with Crippen molar-refractivity contribution in [1.82, 2.24) is 4.48 Å². The highest BCUT2D eigenvalue weighted by Crippen LogP contribution is 2.35. The van der Waals surface area contributed by atoms with Crippen LogP contribution >= 0.6 is 0 Å². The Kier molecular flexibility index (Phi) is 9.15. The van der Waals surface area contributed by atoms with Gasteiger partial charge in [0, 0.05) is 30.3 Å². The molecule has 0 N–H and O–H groups in total. The maximum absolute atomic E-state index is 3.72. The Balaban J connectivity index is 0.00000256. The van der Waals surface area contributed by atoms with Crippen LogP contribution in [0.5, 0.6) is 0 Å². The number of aryl methyl sites for hydroxylation is 2. The number of quaternary nitrogens is 2. The van der Waals surface area contributed by atoms with Gasteiger partial charge in [-0.2, -0.15) is 11.6 Å². The summed E-state index contributed by atoms with van der Waals surface area (Å²) in [4.78, 5) is 0. The summed E-state index contributed by atoms with van der Waals surface area (Å²) in [6, 6.07) is 2.27. The summed E-state index contributed by atoms with van der Waals surface area (Å²) in [5.74, 6) is 14.5. The van der Waals surface area contributed by atoms with E-state index in [9.17, 15) is 0 Å². The number of halogens is 2. The highest BCUT2D eigenvalue weighted by molar-refractivity contribution is 6.87. The average molecular weight is 658 g/mol. The van der Waals surface area contributed by atoms with Gasteiger partial charge in [-0.1, -0.05) is 11.8 Å². The molecule has 0 aliphatic carbocycles. The summed E-state index contributed by atoms with van der Waals surface area (Å²) in [7, 11) is 13.1. The van der Waals surface area contributed by atoms with Crippen molar-refractivity contribution < 1.29 is 61.4 Å². The fourth-order valence-corrected chi connectivity index (χ4v) is 4.42. The predicted octanol–water partition coefficient (Wildman–Crippen LogP) is -3.31. The van der Waals surface area contributed by atoms with Crippen LogP contribution < -0.4 is 48.0 Å². The average Bonchev–Trinajstić information content (AvgIpc) is 3.02. The molecule has 7 heteroatoms. The number of fused-ring (bicyclic) bond motifs is 2. The molecule has 174 valence electrons. The summed E-state index contributed by atoms with van der Waals surface area (Å²) in [6.45, 7) is 10.3. The monoisotopic (exact) mass is 658 g/mol. The van der Waals surface area contributed by atoms with Crippen LogP contribution in [0.4, 0.5) is 0 Å². The van der Waals surface area contributed by atoms with E-state index in [0.717, 1.165) is 22.1 Å². The number of nitrogens with zero attached hydrogens (tertiary/aromatic N) is 4. The van der Waals surface area contributed by atoms with Gasteiger partial charge >= 0.3 is 6.42 Å². The minimum atomic E-state index is -1.62. The Hall–Kier alpha value is -1.01. The Morgan fingerprint density at radius 2 is 1.34 bits per heavy atom. The van der Waals surface area contributed by atoms with Crippen molar-refractivity contribution >= 4 is 18.2 Å². The Labute approximate surface area is 229 Å². The van der Waals surface area contributed by atoms with E-state index in [1.807, 2.05) is 0 Å². The molecule has 4 nitrogen and oxygen atoms in total. The van der Waals surface area contributed by atoms with E-state index in [4.69, 9.17) is 0 Å². The molecule has 32 heavy (non-hydrogen) atoms. The Morgan fingerprint density at radius 1 is 0.844 bits per heavy atom. The van der Waals surface area contributed by atoms with Gasteiger partial charge in [-0.3, -0.25) is 0 Å². The van der Waals surface area contributed by atoms with Gasteiger partial charge in [-0.25, -0.2) is 0 Å². The lowest BCUT2D eigenvalue weighted by Gasteiger charge is -2.36. The van der Waals surface area contributed by atoms with Crippen molar-refractivity contribution in [2.45, 2.75) is 27.7 Å². The minimum Gasteiger partial charge on any atom is -1.00 e. The number of hydrogen-bond acceptors (Lipinski definition) is 0. The van der Waals surface area contributed by atoms with E-state index >= 15 is 0 Å². The van der Waals surface area contributed by atoms with Gasteiger partial charge in [0.2, 0.25) is 0 Å². The van der Waals surface area contributed by atoms with E-state index in [0.29, 0.717) is 0 Å². The summed E-state index contributed by atoms with van der Waals surface area (Å²) in [5, 5.41) is 0. The van der Waals surface area contributed by atoms with Gasteiger partial charge in [0.15, 0.2) is 5.70 Å². The molecular formula is C25H37BI2N4. The Bertz CT molecular complexity index is 1080. The van der Waals surface area contributed by atoms with Crippen molar-refractivity contribution in [3.8, 4) is 23.5 Å². The van der Waals surface area contributed by atoms with E-state index in [1.54, 1.807) is 0 Å². The molecule has 0 radical (unpaired) electrons. The third-order valence-corrected chi connectivity index (χ3v) is 5.67. The molecule has 0 spiro atoms. The van der Waals surface area contributed by atoms with Crippen molar-refractivity contribution in [3.05, 3.63) is 40.4 Å². The molecule has 3 rings (SSSR count). The van der Waals surface area contributed by atoms with Gasteiger partial charge in [0.25, 0.3) is 0 Å². The third-order valence-electron chi connectivity index (χ3n) is 5.67. The third kappa shape index (κ3) is 5.73. The van der Waals surface area contributed by atoms with Gasteiger partial charge in [-0.05, 0) is 38.1 Å². The second-order valence-electron chi connectivity index (χ2n) is 10.9. The lowest BCUT2D eigenvalue weighted by atomic mass is 9.45. The van der Waals surface area contributed by atoms with Gasteiger partial charge < -0.3 is 65.9 Å². The van der Waals surface area contributed by atoms with Crippen LogP contribution in [0.25, 0.3) is 6.08 Å². The first-order valence-corrected chi connectivity index (χ1v) is 10.7. The molecule has 1 aromatic rings. The van der Waals surface area contributed by atoms with Crippen LogP contribution in [-0.4, -0.2) is 85.4 Å². The smallest absolute Gasteiger partial charge is 0.520 e. The first-order chi connectivity index (χ1) is 13.8. The van der Waals surface area contributed by atoms with E-state index in [2.05, 4.69) is 121 Å². The van der Waals surface area contributed by atoms with Crippen LogP contribution in [0, 0.1) is 37.3 Å². The maximum atomic E-state index is 3.72. The fourth-order valence-electron chi connectivity index (χ4n) is 4.42. The van der Waals surface area contributed by atoms with Gasteiger partial charge in [0.05, 0.1) is 42.3 Å². The van der Waals surface area contributed by atoms with Crippen LogP contribution in [0.3, 0.4) is 0 Å². The number of aromatic nitrogens is 1. The lowest BCUT2D eigenvalue weighted by molar-refractivity contribution is -0.862. The summed E-state index contributed by atoms with van der Waals surface area (Å²) in [6.07, 6.45) is 2.95. The highest BCUT2D eigenvalue weighted by Gasteiger charge is 2.47. The molecule has 2 aliphatic heterocycles. The molecule has 1 aromatic heterocycles. The van der Waals surface area contributed by atoms with E-state index in [-0.39, 0.29) is 48.0 Å². The van der Waals surface area contributed by atoms with Crippen molar-refractivity contribution in [3.63, 3.8) is 0 Å². The molecule has 2 aliphatic rings. The van der Waals surface area contributed by atoms with Crippen LogP contribution in [0.1, 0.15) is 30.8 Å². The zero-order chi connectivity index (χ0) is 22.5. The number of rotatable bonds is 2. The van der Waals surface area contributed by atoms with Crippen molar-refractivity contribution in [1.29, 1.82) is 0 Å². The second kappa shape index (κ2) is 10.1. The first-order valence-electron chi connectivity index (χ1n) is 10.7. The fraction of sp³-hybridized carbons (Fsp3) is 0.480. The standard InChI is InChI=1S/C25H37BN4.2HI/c1-20-17-22(3)27-24(20)19-25-21(2)18-23(4)28(25)26(27,13-11-15-29(5,6)7)14-12-16-30(8,9)10;;/h17-19H,15-16H2,1-10H3;2*1H/q+2;;/p-2. The van der Waals surface area contributed by atoms with Gasteiger partial charge in [0.1, 0.15) is 18.8 Å². The van der Waals surface area contributed by atoms with E-state index in [1.165, 1.54) is 33.9 Å². The SMILES string of the molecule is CC1=CC(C)=[N+]2C1=Cc1c(C)cc(C)n1[B-]2(C#CC[N+](C)(C)C)C#CC[N+](C)(C)C.[I-].[I-]. The first kappa shape index (κ1) is 29.0. The van der Waals surface area contributed by atoms with Crippen molar-refractivity contribution in [2.75, 3.05) is 55.4 Å². The normalized spacial score (nSPS) is 16.2. The predicted molar refractivity (Wildman–Crippen MR) is 129 cm³/mol.